The molecule has 1 aliphatic heterocycles. The predicted molar refractivity (Wildman–Crippen MR) is 117 cm³/mol. The summed E-state index contributed by atoms with van der Waals surface area (Å²) in [5.41, 5.74) is 1.05. The van der Waals surface area contributed by atoms with Gasteiger partial charge in [-0.05, 0) is 39.2 Å². The molecular weight excluding hydrogens is 436 g/mol. The largest absolute Gasteiger partial charge is 0.464 e. The molecule has 3 rings (SSSR count). The molecule has 11 heteroatoms. The van der Waals surface area contributed by atoms with Crippen molar-refractivity contribution in [3.8, 4) is 0 Å². The van der Waals surface area contributed by atoms with E-state index in [1.165, 1.54) is 36.5 Å². The first kappa shape index (κ1) is 23.8. The van der Waals surface area contributed by atoms with Gasteiger partial charge in [0.05, 0.1) is 33.8 Å². The molecule has 0 aliphatic carbocycles. The Hall–Kier alpha value is -2.89. The number of ether oxygens (including phenoxy) is 1. The topological polar surface area (TPSA) is 117 Å². The number of amides is 2. The lowest BCUT2D eigenvalue weighted by Crippen LogP contribution is -2.33. The lowest BCUT2D eigenvalue weighted by Gasteiger charge is -2.20. The van der Waals surface area contributed by atoms with Gasteiger partial charge in [0.2, 0.25) is 10.0 Å². The highest BCUT2D eigenvalue weighted by Crippen LogP contribution is 2.33. The highest BCUT2D eigenvalue weighted by Gasteiger charge is 2.39. The fraction of sp³-hybridized carbons (Fsp3) is 0.429. The molecule has 0 bridgehead atoms. The van der Waals surface area contributed by atoms with E-state index in [1.807, 2.05) is 19.0 Å². The van der Waals surface area contributed by atoms with E-state index in [0.29, 0.717) is 29.7 Å². The summed E-state index contributed by atoms with van der Waals surface area (Å²) in [6.07, 6.45) is 0. The maximum absolute atomic E-state index is 13.1. The summed E-state index contributed by atoms with van der Waals surface area (Å²) in [5, 5.41) is 0.293. The average Bonchev–Trinajstić information content (AvgIpc) is 2.97. The number of rotatable bonds is 8. The highest BCUT2D eigenvalue weighted by molar-refractivity contribution is 7.89. The zero-order chi connectivity index (χ0) is 23.8. The lowest BCUT2D eigenvalue weighted by atomic mass is 10.0. The van der Waals surface area contributed by atoms with Gasteiger partial charge in [-0.2, -0.15) is 4.31 Å². The maximum Gasteiger partial charge on any atom is 0.302 e. The standard InChI is InChI=1S/C21H26N4O6S/c1-13-18-19(21(28)25(20(18)27)10-11-31-14(2)26)16-12-15(6-7-17(16)22-13)32(29,30)24(5)9-8-23(3)4/h6-7,12H,8-11H2,1-5H3. The Morgan fingerprint density at radius 3 is 2.38 bits per heavy atom. The van der Waals surface area contributed by atoms with Crippen molar-refractivity contribution in [3.63, 3.8) is 0 Å². The van der Waals surface area contributed by atoms with Crippen LogP contribution in [0.4, 0.5) is 0 Å². The van der Waals surface area contributed by atoms with Gasteiger partial charge in [0.15, 0.2) is 0 Å². The zero-order valence-electron chi connectivity index (χ0n) is 18.7. The molecule has 10 nitrogen and oxygen atoms in total. The van der Waals surface area contributed by atoms with E-state index in [-0.39, 0.29) is 29.2 Å². The molecule has 1 aliphatic rings. The molecule has 0 atom stereocenters. The number of sulfonamides is 1. The van der Waals surface area contributed by atoms with Gasteiger partial charge in [-0.25, -0.2) is 8.42 Å². The Balaban J connectivity index is 2.04. The molecule has 1 aromatic carbocycles. The number of likely N-dealkylation sites (N-methyl/N-ethyl adjacent to an activating group) is 2. The molecule has 1 aromatic heterocycles. The van der Waals surface area contributed by atoms with Gasteiger partial charge >= 0.3 is 5.97 Å². The number of hydrogen-bond acceptors (Lipinski definition) is 8. The minimum atomic E-state index is -3.81. The molecule has 32 heavy (non-hydrogen) atoms. The van der Waals surface area contributed by atoms with Gasteiger partial charge in [0, 0.05) is 32.4 Å². The molecule has 2 heterocycles. The van der Waals surface area contributed by atoms with Crippen molar-refractivity contribution in [1.29, 1.82) is 0 Å². The monoisotopic (exact) mass is 462 g/mol. The molecule has 0 unspecified atom stereocenters. The van der Waals surface area contributed by atoms with Gasteiger partial charge in [-0.1, -0.05) is 0 Å². The van der Waals surface area contributed by atoms with E-state index in [9.17, 15) is 22.8 Å². The van der Waals surface area contributed by atoms with Gasteiger partial charge in [0.1, 0.15) is 6.61 Å². The molecule has 2 amide bonds. The summed E-state index contributed by atoms with van der Waals surface area (Å²) in [4.78, 5) is 44.3. The molecule has 2 aromatic rings. The number of nitrogens with zero attached hydrogens (tertiary/aromatic N) is 4. The lowest BCUT2D eigenvalue weighted by molar-refractivity contribution is -0.141. The van der Waals surface area contributed by atoms with Gasteiger partial charge in [0.25, 0.3) is 11.8 Å². The van der Waals surface area contributed by atoms with Crippen molar-refractivity contribution in [2.45, 2.75) is 18.7 Å². The maximum atomic E-state index is 13.1. The number of pyridine rings is 1. The number of fused-ring (bicyclic) bond motifs is 3. The summed E-state index contributed by atoms with van der Waals surface area (Å²) < 4.78 is 32.2. The van der Waals surface area contributed by atoms with Crippen molar-refractivity contribution in [2.24, 2.45) is 0 Å². The Labute approximate surface area is 186 Å². The second-order valence-corrected chi connectivity index (χ2v) is 9.90. The number of esters is 1. The van der Waals surface area contributed by atoms with Crippen LogP contribution in [0.25, 0.3) is 10.9 Å². The Morgan fingerprint density at radius 1 is 1.09 bits per heavy atom. The first-order valence-electron chi connectivity index (χ1n) is 10.00. The second-order valence-electron chi connectivity index (χ2n) is 7.86. The number of carbonyl (C=O) groups excluding carboxylic acids is 3. The Kier molecular flexibility index (Phi) is 6.63. The van der Waals surface area contributed by atoms with Crippen LogP contribution in [0.3, 0.4) is 0 Å². The number of aromatic nitrogens is 1. The molecule has 0 spiro atoms. The third-order valence-electron chi connectivity index (χ3n) is 5.25. The fourth-order valence-corrected chi connectivity index (χ4v) is 4.68. The zero-order valence-corrected chi connectivity index (χ0v) is 19.5. The van der Waals surface area contributed by atoms with E-state index in [2.05, 4.69) is 4.98 Å². The third-order valence-corrected chi connectivity index (χ3v) is 7.10. The van der Waals surface area contributed by atoms with Gasteiger partial charge < -0.3 is 9.64 Å². The van der Waals surface area contributed by atoms with E-state index >= 15 is 0 Å². The Bertz CT molecular complexity index is 1210. The van der Waals surface area contributed by atoms with Crippen LogP contribution >= 0.6 is 0 Å². The van der Waals surface area contributed by atoms with Crippen LogP contribution in [0, 0.1) is 6.92 Å². The number of carbonyl (C=O) groups is 3. The predicted octanol–water partition coefficient (Wildman–Crippen LogP) is 0.884. The van der Waals surface area contributed by atoms with Crippen LogP contribution in [-0.4, -0.2) is 92.7 Å². The van der Waals surface area contributed by atoms with Crippen molar-refractivity contribution >= 4 is 38.7 Å². The number of aryl methyl sites for hydroxylation is 1. The molecule has 0 N–H and O–H groups in total. The van der Waals surface area contributed by atoms with E-state index in [4.69, 9.17) is 4.74 Å². The SMILES string of the molecule is CC(=O)OCCN1C(=O)c2c(C)nc3ccc(S(=O)(=O)N(C)CCN(C)C)cc3c2C1=O. The summed E-state index contributed by atoms with van der Waals surface area (Å²) >= 11 is 0. The van der Waals surface area contributed by atoms with Crippen molar-refractivity contribution < 1.29 is 27.5 Å². The number of benzene rings is 1. The Morgan fingerprint density at radius 2 is 1.75 bits per heavy atom. The summed E-state index contributed by atoms with van der Waals surface area (Å²) in [6.45, 7) is 3.47. The number of imide groups is 1. The van der Waals surface area contributed by atoms with Crippen molar-refractivity contribution in [1.82, 2.24) is 19.1 Å². The average molecular weight is 463 g/mol. The molecular formula is C21H26N4O6S. The van der Waals surface area contributed by atoms with Gasteiger partial charge in [-0.3, -0.25) is 24.3 Å². The first-order chi connectivity index (χ1) is 14.9. The molecule has 0 saturated carbocycles. The van der Waals surface area contributed by atoms with E-state index in [1.54, 1.807) is 6.92 Å². The normalized spacial score (nSPS) is 14.0. The quantitative estimate of drug-likeness (QED) is 0.419. The van der Waals surface area contributed by atoms with Crippen LogP contribution in [-0.2, 0) is 19.6 Å². The van der Waals surface area contributed by atoms with Crippen LogP contribution < -0.4 is 0 Å². The van der Waals surface area contributed by atoms with Crippen LogP contribution in [0.5, 0.6) is 0 Å². The highest BCUT2D eigenvalue weighted by atomic mass is 32.2. The van der Waals surface area contributed by atoms with Crippen molar-refractivity contribution in [3.05, 3.63) is 35.0 Å². The minimum absolute atomic E-state index is 0.0118. The van der Waals surface area contributed by atoms with Crippen molar-refractivity contribution in [2.75, 3.05) is 47.4 Å². The van der Waals surface area contributed by atoms with Crippen LogP contribution in [0.15, 0.2) is 23.1 Å². The van der Waals surface area contributed by atoms with E-state index in [0.717, 1.165) is 4.90 Å². The van der Waals surface area contributed by atoms with Crippen LogP contribution in [0.2, 0.25) is 0 Å². The van der Waals surface area contributed by atoms with Crippen LogP contribution in [0.1, 0.15) is 33.3 Å². The first-order valence-corrected chi connectivity index (χ1v) is 11.4. The summed E-state index contributed by atoms with van der Waals surface area (Å²) in [6, 6.07) is 4.37. The molecule has 172 valence electrons. The second kappa shape index (κ2) is 8.93. The summed E-state index contributed by atoms with van der Waals surface area (Å²) in [7, 11) is 1.38. The fourth-order valence-electron chi connectivity index (χ4n) is 3.50. The minimum Gasteiger partial charge on any atom is -0.464 e. The number of hydrogen-bond donors (Lipinski definition) is 0. The molecule has 0 radical (unpaired) electrons. The summed E-state index contributed by atoms with van der Waals surface area (Å²) in [5.74, 6) is -1.62. The van der Waals surface area contributed by atoms with E-state index < -0.39 is 27.8 Å². The third kappa shape index (κ3) is 4.36. The molecule has 0 saturated heterocycles. The van der Waals surface area contributed by atoms with Gasteiger partial charge in [-0.15, -0.1) is 0 Å². The smallest absolute Gasteiger partial charge is 0.302 e. The molecule has 0 fully saturated rings.